The van der Waals surface area contributed by atoms with Crippen LogP contribution in [0.2, 0.25) is 0 Å². The molecule has 5 rings (SSSR count). The van der Waals surface area contributed by atoms with E-state index in [-0.39, 0.29) is 11.2 Å². The van der Waals surface area contributed by atoms with Crippen LogP contribution in [0.25, 0.3) is 27.7 Å². The summed E-state index contributed by atoms with van der Waals surface area (Å²) < 4.78 is 3.74. The van der Waals surface area contributed by atoms with Gasteiger partial charge in [0.05, 0.1) is 19.7 Å². The van der Waals surface area contributed by atoms with Gasteiger partial charge in [-0.2, -0.15) is 4.57 Å². The minimum absolute atomic E-state index is 0.0965. The Hall–Kier alpha value is -2.17. The van der Waals surface area contributed by atoms with Gasteiger partial charge in [0.15, 0.2) is 5.69 Å². The molecule has 1 aromatic heterocycles. The molecule has 4 aromatic rings. The Morgan fingerprint density at radius 3 is 2.25 bits per heavy atom. The van der Waals surface area contributed by atoms with E-state index in [1.54, 1.807) is 0 Å². The molecule has 138 valence electrons. The van der Waals surface area contributed by atoms with Gasteiger partial charge in [-0.15, -0.1) is 0 Å². The summed E-state index contributed by atoms with van der Waals surface area (Å²) in [7, 11) is 0. The van der Waals surface area contributed by atoms with Crippen molar-refractivity contribution in [3.8, 4) is 22.6 Å². The van der Waals surface area contributed by atoms with Gasteiger partial charge in [-0.3, -0.25) is 0 Å². The van der Waals surface area contributed by atoms with E-state index < -0.39 is 0 Å². The number of pyridine rings is 1. The van der Waals surface area contributed by atoms with Crippen LogP contribution in [0.1, 0.15) is 25.1 Å². The van der Waals surface area contributed by atoms with Gasteiger partial charge in [-0.25, -0.2) is 0 Å². The molecule has 2 heterocycles. The highest BCUT2D eigenvalue weighted by molar-refractivity contribution is 9.11. The fourth-order valence-electron chi connectivity index (χ4n) is 4.32. The molecular formula is C24H18Br2NO+. The third-order valence-corrected chi connectivity index (χ3v) is 6.95. The lowest BCUT2D eigenvalue weighted by Gasteiger charge is -2.16. The number of para-hydroxylation sites is 2. The molecule has 0 amide bonds. The van der Waals surface area contributed by atoms with Gasteiger partial charge in [0, 0.05) is 29.3 Å². The molecule has 0 radical (unpaired) electrons. The molecular weight excluding hydrogens is 478 g/mol. The summed E-state index contributed by atoms with van der Waals surface area (Å²) in [5.74, 6) is 0.219. The zero-order chi connectivity index (χ0) is 19.6. The van der Waals surface area contributed by atoms with Crippen LogP contribution >= 0.6 is 31.9 Å². The number of phenolic OH excluding ortho intramolecular Hbond substituents is 1. The van der Waals surface area contributed by atoms with Gasteiger partial charge in [-0.05, 0) is 69.5 Å². The highest BCUT2D eigenvalue weighted by atomic mass is 79.9. The molecule has 0 spiro atoms. The van der Waals surface area contributed by atoms with E-state index in [9.17, 15) is 5.11 Å². The predicted octanol–water partition coefficient (Wildman–Crippen LogP) is 6.65. The molecule has 1 aliphatic heterocycles. The molecule has 0 atom stereocenters. The molecule has 0 fully saturated rings. The summed E-state index contributed by atoms with van der Waals surface area (Å²) in [6.45, 7) is 4.57. The maximum absolute atomic E-state index is 10.1. The summed E-state index contributed by atoms with van der Waals surface area (Å²) in [5, 5.41) is 11.3. The first kappa shape index (κ1) is 17.9. The summed E-state index contributed by atoms with van der Waals surface area (Å²) in [4.78, 5) is 0. The average Bonchev–Trinajstić information content (AvgIpc) is 2.93. The molecule has 0 saturated carbocycles. The van der Waals surface area contributed by atoms with E-state index in [0.29, 0.717) is 8.95 Å². The van der Waals surface area contributed by atoms with Crippen molar-refractivity contribution in [1.82, 2.24) is 0 Å². The van der Waals surface area contributed by atoms with Crippen molar-refractivity contribution in [3.63, 3.8) is 0 Å². The number of benzene rings is 3. The first-order valence-corrected chi connectivity index (χ1v) is 10.7. The van der Waals surface area contributed by atoms with Gasteiger partial charge in [-0.1, -0.05) is 30.3 Å². The van der Waals surface area contributed by atoms with Crippen molar-refractivity contribution in [3.05, 3.63) is 86.9 Å². The Bertz CT molecular complexity index is 1250. The molecule has 0 saturated heterocycles. The van der Waals surface area contributed by atoms with Crippen molar-refractivity contribution < 1.29 is 9.67 Å². The lowest BCUT2D eigenvalue weighted by Crippen LogP contribution is -2.35. The Morgan fingerprint density at radius 2 is 1.50 bits per heavy atom. The Balaban J connectivity index is 1.92. The van der Waals surface area contributed by atoms with E-state index in [1.807, 2.05) is 12.1 Å². The highest BCUT2D eigenvalue weighted by Gasteiger charge is 2.45. The predicted molar refractivity (Wildman–Crippen MR) is 120 cm³/mol. The summed E-state index contributed by atoms with van der Waals surface area (Å²) in [6, 6.07) is 23.4. The molecule has 0 unspecified atom stereocenters. The van der Waals surface area contributed by atoms with Crippen molar-refractivity contribution in [2.24, 2.45) is 0 Å². The second-order valence-corrected chi connectivity index (χ2v) is 9.44. The van der Waals surface area contributed by atoms with Crippen LogP contribution in [0.4, 0.5) is 0 Å². The molecule has 4 heteroatoms. The Morgan fingerprint density at radius 1 is 0.857 bits per heavy atom. The number of aromatic nitrogens is 1. The molecule has 28 heavy (non-hydrogen) atoms. The smallest absolute Gasteiger partial charge is 0.219 e. The second kappa shape index (κ2) is 6.16. The second-order valence-electron chi connectivity index (χ2n) is 7.73. The molecule has 2 nitrogen and oxygen atoms in total. The fraction of sp³-hybridized carbons (Fsp3) is 0.125. The van der Waals surface area contributed by atoms with Crippen LogP contribution in [-0.4, -0.2) is 5.11 Å². The Kier molecular flexibility index (Phi) is 3.94. The van der Waals surface area contributed by atoms with Crippen molar-refractivity contribution in [2.45, 2.75) is 19.3 Å². The maximum atomic E-state index is 10.1. The summed E-state index contributed by atoms with van der Waals surface area (Å²) in [5.41, 5.74) is 7.16. The van der Waals surface area contributed by atoms with Crippen molar-refractivity contribution in [2.75, 3.05) is 0 Å². The monoisotopic (exact) mass is 494 g/mol. The largest absolute Gasteiger partial charge is 0.506 e. The number of hydrogen-bond donors (Lipinski definition) is 1. The number of hydrogen-bond acceptors (Lipinski definition) is 1. The van der Waals surface area contributed by atoms with E-state index in [4.69, 9.17) is 0 Å². The summed E-state index contributed by atoms with van der Waals surface area (Å²) >= 11 is 6.96. The Labute approximate surface area is 180 Å². The van der Waals surface area contributed by atoms with Gasteiger partial charge in [0.25, 0.3) is 0 Å². The summed E-state index contributed by atoms with van der Waals surface area (Å²) in [6.07, 6.45) is 0. The van der Waals surface area contributed by atoms with Crippen LogP contribution in [0.5, 0.6) is 5.75 Å². The third-order valence-electron chi connectivity index (χ3n) is 5.74. The minimum atomic E-state index is -0.0965. The van der Waals surface area contributed by atoms with Crippen LogP contribution in [0, 0.1) is 0 Å². The number of nitrogens with zero attached hydrogens (tertiary/aromatic N) is 1. The lowest BCUT2D eigenvalue weighted by atomic mass is 9.82. The van der Waals surface area contributed by atoms with E-state index in [1.165, 1.54) is 27.8 Å². The number of phenols is 1. The van der Waals surface area contributed by atoms with Crippen LogP contribution in [0.3, 0.4) is 0 Å². The van der Waals surface area contributed by atoms with Gasteiger partial charge < -0.3 is 5.11 Å². The fourth-order valence-corrected chi connectivity index (χ4v) is 5.51. The number of rotatable bonds is 1. The molecule has 1 aliphatic rings. The zero-order valence-corrected chi connectivity index (χ0v) is 18.7. The van der Waals surface area contributed by atoms with E-state index in [2.05, 4.69) is 105 Å². The maximum Gasteiger partial charge on any atom is 0.219 e. The van der Waals surface area contributed by atoms with Crippen LogP contribution in [0.15, 0.2) is 75.7 Å². The van der Waals surface area contributed by atoms with Crippen molar-refractivity contribution >= 4 is 42.8 Å². The number of aromatic hydroxyl groups is 1. The highest BCUT2D eigenvalue weighted by Crippen LogP contribution is 2.43. The standard InChI is InChI=1S/C24H17Br2NO/c1-24(2)17-8-4-6-10-21(17)27-20-9-5-3-7-15(20)16(13-22(24)27)14-11-18(25)23(28)19(26)12-14/h3-13H,1-2H3/p+1. The SMILES string of the molecule is CC1(C)c2ccccc2-[n+]2c1cc(-c1cc(Br)c(O)c(Br)c1)c1ccccc12. The molecule has 0 bridgehead atoms. The lowest BCUT2D eigenvalue weighted by molar-refractivity contribution is -0.571. The van der Waals surface area contributed by atoms with E-state index >= 15 is 0 Å². The normalized spacial score (nSPS) is 14.1. The van der Waals surface area contributed by atoms with Gasteiger partial charge in [0.1, 0.15) is 5.75 Å². The first-order chi connectivity index (χ1) is 13.4. The van der Waals surface area contributed by atoms with Crippen molar-refractivity contribution in [1.29, 1.82) is 0 Å². The van der Waals surface area contributed by atoms with Crippen LogP contribution < -0.4 is 4.57 Å². The molecule has 3 aromatic carbocycles. The number of halogens is 2. The molecule has 1 N–H and O–H groups in total. The topological polar surface area (TPSA) is 24.1 Å². The molecule has 0 aliphatic carbocycles. The quantitative estimate of drug-likeness (QED) is 0.293. The zero-order valence-electron chi connectivity index (χ0n) is 15.5. The average molecular weight is 496 g/mol. The minimum Gasteiger partial charge on any atom is -0.506 e. The van der Waals surface area contributed by atoms with Crippen LogP contribution in [-0.2, 0) is 5.41 Å². The van der Waals surface area contributed by atoms with E-state index in [0.717, 1.165) is 11.1 Å². The first-order valence-electron chi connectivity index (χ1n) is 9.16. The van der Waals surface area contributed by atoms with Gasteiger partial charge in [0.2, 0.25) is 11.2 Å². The third kappa shape index (κ3) is 2.41. The number of fused-ring (bicyclic) bond motifs is 5. The van der Waals surface area contributed by atoms with Gasteiger partial charge >= 0.3 is 0 Å².